The topological polar surface area (TPSA) is 71.3 Å². The van der Waals surface area contributed by atoms with E-state index in [1.807, 2.05) is 25.1 Å². The van der Waals surface area contributed by atoms with Gasteiger partial charge in [0.1, 0.15) is 24.1 Å². The van der Waals surface area contributed by atoms with E-state index >= 15 is 0 Å². The molecule has 0 fully saturated rings. The van der Waals surface area contributed by atoms with Crippen molar-refractivity contribution in [1.29, 1.82) is 5.26 Å². The first-order valence-electron chi connectivity index (χ1n) is 10.2. The highest BCUT2D eigenvalue weighted by Crippen LogP contribution is 2.38. The number of anilines is 1. The standard InChI is InChI=1S/C26H22ClFN2O3/c1-3-32-24-14-18(12-20(15-29)26(31)30-23-11-7-4-8-17(23)2)13-21(27)25(24)33-16-19-9-5-6-10-22(19)28/h4-14H,3,16H2,1-2H3,(H,30,31)/b20-12+. The molecule has 0 bridgehead atoms. The van der Waals surface area contributed by atoms with E-state index in [-0.39, 0.29) is 28.8 Å². The maximum atomic E-state index is 13.9. The van der Waals surface area contributed by atoms with E-state index in [1.54, 1.807) is 49.4 Å². The van der Waals surface area contributed by atoms with Crippen molar-refractivity contribution in [1.82, 2.24) is 0 Å². The van der Waals surface area contributed by atoms with Gasteiger partial charge in [-0.15, -0.1) is 0 Å². The number of benzene rings is 3. The van der Waals surface area contributed by atoms with E-state index < -0.39 is 5.91 Å². The molecule has 3 aromatic carbocycles. The molecule has 0 aliphatic rings. The third-order valence-corrected chi connectivity index (χ3v) is 5.01. The summed E-state index contributed by atoms with van der Waals surface area (Å²) in [5.41, 5.74) is 2.25. The number of hydrogen-bond donors (Lipinski definition) is 1. The highest BCUT2D eigenvalue weighted by atomic mass is 35.5. The lowest BCUT2D eigenvalue weighted by molar-refractivity contribution is -0.112. The van der Waals surface area contributed by atoms with Gasteiger partial charge in [0.2, 0.25) is 0 Å². The molecule has 168 valence electrons. The minimum absolute atomic E-state index is 0.0378. The van der Waals surface area contributed by atoms with Gasteiger partial charge < -0.3 is 14.8 Å². The highest BCUT2D eigenvalue weighted by molar-refractivity contribution is 6.32. The first-order chi connectivity index (χ1) is 15.9. The number of carbonyl (C=O) groups excluding carboxylic acids is 1. The van der Waals surface area contributed by atoms with Gasteiger partial charge in [0.25, 0.3) is 5.91 Å². The minimum atomic E-state index is -0.541. The molecule has 0 atom stereocenters. The van der Waals surface area contributed by atoms with Crippen LogP contribution in [0.2, 0.25) is 5.02 Å². The molecule has 0 heterocycles. The number of hydrogen-bond acceptors (Lipinski definition) is 4. The maximum Gasteiger partial charge on any atom is 0.266 e. The van der Waals surface area contributed by atoms with Crippen LogP contribution >= 0.6 is 11.6 Å². The van der Waals surface area contributed by atoms with Gasteiger partial charge in [0.05, 0.1) is 11.6 Å². The molecule has 3 aromatic rings. The van der Waals surface area contributed by atoms with Gasteiger partial charge >= 0.3 is 0 Å². The summed E-state index contributed by atoms with van der Waals surface area (Å²) in [6.45, 7) is 3.95. The molecular weight excluding hydrogens is 443 g/mol. The Kier molecular flexibility index (Phi) is 8.06. The molecule has 0 radical (unpaired) electrons. The number of rotatable bonds is 8. The van der Waals surface area contributed by atoms with Crippen LogP contribution in [0.5, 0.6) is 11.5 Å². The Bertz CT molecular complexity index is 1230. The number of nitrogens with one attached hydrogen (secondary N) is 1. The summed E-state index contributed by atoms with van der Waals surface area (Å²) >= 11 is 6.42. The summed E-state index contributed by atoms with van der Waals surface area (Å²) < 4.78 is 25.3. The number of halogens is 2. The summed E-state index contributed by atoms with van der Waals surface area (Å²) in [7, 11) is 0. The molecular formula is C26H22ClFN2O3. The molecule has 0 spiro atoms. The first kappa shape index (κ1) is 23.8. The van der Waals surface area contributed by atoms with E-state index in [2.05, 4.69) is 5.32 Å². The number of nitriles is 1. The molecule has 33 heavy (non-hydrogen) atoms. The number of para-hydroxylation sites is 1. The van der Waals surface area contributed by atoms with Crippen LogP contribution in [0, 0.1) is 24.1 Å². The van der Waals surface area contributed by atoms with Gasteiger partial charge in [-0.2, -0.15) is 5.26 Å². The summed E-state index contributed by atoms with van der Waals surface area (Å²) in [4.78, 5) is 12.6. The Morgan fingerprint density at radius 1 is 1.15 bits per heavy atom. The van der Waals surface area contributed by atoms with Crippen molar-refractivity contribution in [2.75, 3.05) is 11.9 Å². The third-order valence-electron chi connectivity index (χ3n) is 4.73. The van der Waals surface area contributed by atoms with Crippen molar-refractivity contribution in [2.24, 2.45) is 0 Å². The quantitative estimate of drug-likeness (QED) is 0.313. The van der Waals surface area contributed by atoms with E-state index in [4.69, 9.17) is 21.1 Å². The van der Waals surface area contributed by atoms with Crippen molar-refractivity contribution in [2.45, 2.75) is 20.5 Å². The van der Waals surface area contributed by atoms with Crippen LogP contribution in [0.3, 0.4) is 0 Å². The van der Waals surface area contributed by atoms with Crippen molar-refractivity contribution >= 4 is 29.3 Å². The predicted octanol–water partition coefficient (Wildman–Crippen LogP) is 6.31. The van der Waals surface area contributed by atoms with Crippen LogP contribution in [0.25, 0.3) is 6.08 Å². The number of aryl methyl sites for hydroxylation is 1. The molecule has 5 nitrogen and oxygen atoms in total. The Morgan fingerprint density at radius 3 is 2.58 bits per heavy atom. The third kappa shape index (κ3) is 6.12. The van der Waals surface area contributed by atoms with Gasteiger partial charge in [-0.05, 0) is 55.3 Å². The van der Waals surface area contributed by atoms with Crippen LogP contribution in [0.1, 0.15) is 23.6 Å². The normalized spacial score (nSPS) is 10.9. The van der Waals surface area contributed by atoms with Gasteiger partial charge in [0, 0.05) is 11.3 Å². The molecule has 0 aliphatic carbocycles. The Morgan fingerprint density at radius 2 is 1.88 bits per heavy atom. The number of amides is 1. The van der Waals surface area contributed by atoms with Crippen molar-refractivity contribution < 1.29 is 18.7 Å². The van der Waals surface area contributed by atoms with Crippen molar-refractivity contribution in [3.05, 3.63) is 93.8 Å². The van der Waals surface area contributed by atoms with Crippen molar-refractivity contribution in [3.63, 3.8) is 0 Å². The monoisotopic (exact) mass is 464 g/mol. The van der Waals surface area contributed by atoms with Gasteiger partial charge in [-0.25, -0.2) is 4.39 Å². The number of carbonyl (C=O) groups is 1. The summed E-state index contributed by atoms with van der Waals surface area (Å²) in [5.74, 6) is -0.351. The van der Waals surface area contributed by atoms with Gasteiger partial charge in [-0.3, -0.25) is 4.79 Å². The largest absolute Gasteiger partial charge is 0.490 e. The number of ether oxygens (including phenoxy) is 2. The second-order valence-corrected chi connectivity index (χ2v) is 7.49. The zero-order valence-electron chi connectivity index (χ0n) is 18.2. The molecule has 1 amide bonds. The van der Waals surface area contributed by atoms with Crippen molar-refractivity contribution in [3.8, 4) is 17.6 Å². The van der Waals surface area contributed by atoms with Crippen LogP contribution in [-0.2, 0) is 11.4 Å². The molecule has 3 rings (SSSR count). The van der Waals surface area contributed by atoms with E-state index in [9.17, 15) is 14.4 Å². The maximum absolute atomic E-state index is 13.9. The summed E-state index contributed by atoms with van der Waals surface area (Å²) in [6, 6.07) is 18.6. The van der Waals surface area contributed by atoms with Gasteiger partial charge in [0.15, 0.2) is 11.5 Å². The lowest BCUT2D eigenvalue weighted by atomic mass is 10.1. The summed E-state index contributed by atoms with van der Waals surface area (Å²) in [6.07, 6.45) is 1.42. The number of nitrogens with zero attached hydrogens (tertiary/aromatic N) is 1. The zero-order chi connectivity index (χ0) is 23.8. The molecule has 1 N–H and O–H groups in total. The molecule has 0 saturated heterocycles. The average Bonchev–Trinajstić information content (AvgIpc) is 2.79. The Balaban J connectivity index is 1.87. The second-order valence-electron chi connectivity index (χ2n) is 7.08. The van der Waals surface area contributed by atoms with E-state index in [0.717, 1.165) is 5.56 Å². The fraction of sp³-hybridized carbons (Fsp3) is 0.154. The Labute approximate surface area is 197 Å². The molecule has 0 aliphatic heterocycles. The smallest absolute Gasteiger partial charge is 0.266 e. The predicted molar refractivity (Wildman–Crippen MR) is 127 cm³/mol. The zero-order valence-corrected chi connectivity index (χ0v) is 18.9. The minimum Gasteiger partial charge on any atom is -0.490 e. The fourth-order valence-electron chi connectivity index (χ4n) is 3.06. The molecule has 0 saturated carbocycles. The van der Waals surface area contributed by atoms with E-state index in [1.165, 1.54) is 12.1 Å². The van der Waals surface area contributed by atoms with Crippen LogP contribution < -0.4 is 14.8 Å². The molecule has 7 heteroatoms. The second kappa shape index (κ2) is 11.2. The average molecular weight is 465 g/mol. The lowest BCUT2D eigenvalue weighted by Crippen LogP contribution is -2.14. The first-order valence-corrected chi connectivity index (χ1v) is 10.6. The highest BCUT2D eigenvalue weighted by Gasteiger charge is 2.16. The molecule has 0 unspecified atom stereocenters. The fourth-order valence-corrected chi connectivity index (χ4v) is 3.33. The van der Waals surface area contributed by atoms with Crippen LogP contribution in [0.4, 0.5) is 10.1 Å². The van der Waals surface area contributed by atoms with Crippen LogP contribution in [-0.4, -0.2) is 12.5 Å². The van der Waals surface area contributed by atoms with Gasteiger partial charge in [-0.1, -0.05) is 48.0 Å². The van der Waals surface area contributed by atoms with Crippen LogP contribution in [0.15, 0.2) is 66.2 Å². The Hall–Kier alpha value is -3.82. The SMILES string of the molecule is CCOc1cc(/C=C(\C#N)C(=O)Nc2ccccc2C)cc(Cl)c1OCc1ccccc1F. The molecule has 0 aromatic heterocycles. The lowest BCUT2D eigenvalue weighted by Gasteiger charge is -2.15. The van der Waals surface area contributed by atoms with E-state index in [0.29, 0.717) is 29.2 Å². The summed E-state index contributed by atoms with van der Waals surface area (Å²) in [5, 5.41) is 12.5.